The highest BCUT2D eigenvalue weighted by Crippen LogP contribution is 2.45. The predicted molar refractivity (Wildman–Crippen MR) is 111 cm³/mol. The Morgan fingerprint density at radius 1 is 1.16 bits per heavy atom. The first-order valence-corrected chi connectivity index (χ1v) is 9.93. The van der Waals surface area contributed by atoms with Gasteiger partial charge in [-0.25, -0.2) is 9.59 Å². The van der Waals surface area contributed by atoms with Crippen LogP contribution in [0.4, 0.5) is 5.69 Å². The van der Waals surface area contributed by atoms with Gasteiger partial charge in [-0.2, -0.15) is 0 Å². The highest BCUT2D eigenvalue weighted by molar-refractivity contribution is 6.00. The highest BCUT2D eigenvalue weighted by Gasteiger charge is 2.43. The molecule has 1 unspecified atom stereocenters. The number of nitro groups is 1. The summed E-state index contributed by atoms with van der Waals surface area (Å²) in [7, 11) is 0. The van der Waals surface area contributed by atoms with Crippen molar-refractivity contribution in [3.05, 3.63) is 62.5 Å². The van der Waals surface area contributed by atoms with Gasteiger partial charge in [-0.3, -0.25) is 10.1 Å². The first-order chi connectivity index (χ1) is 14.8. The highest BCUT2D eigenvalue weighted by atomic mass is 16.6. The van der Waals surface area contributed by atoms with Crippen LogP contribution >= 0.6 is 0 Å². The summed E-state index contributed by atoms with van der Waals surface area (Å²) >= 11 is 0. The molecule has 0 bridgehead atoms. The van der Waals surface area contributed by atoms with E-state index in [4.69, 9.17) is 15.2 Å². The lowest BCUT2D eigenvalue weighted by atomic mass is 9.78. The molecule has 0 radical (unpaired) electrons. The van der Waals surface area contributed by atoms with Gasteiger partial charge in [0.25, 0.3) is 5.69 Å². The fourth-order valence-electron chi connectivity index (χ4n) is 3.76. The van der Waals surface area contributed by atoms with Gasteiger partial charge < -0.3 is 25.2 Å². The molecule has 0 aromatic heterocycles. The van der Waals surface area contributed by atoms with Crippen molar-refractivity contribution in [1.29, 1.82) is 0 Å². The van der Waals surface area contributed by atoms with E-state index in [0.29, 0.717) is 11.4 Å². The van der Waals surface area contributed by atoms with Gasteiger partial charge >= 0.3 is 11.9 Å². The summed E-state index contributed by atoms with van der Waals surface area (Å²) in [5.41, 5.74) is 6.61. The number of hydrogen-bond acceptors (Lipinski definition) is 9. The molecule has 0 saturated heterocycles. The smallest absolute Gasteiger partial charge is 0.336 e. The van der Waals surface area contributed by atoms with Crippen LogP contribution in [0.15, 0.2) is 46.8 Å². The summed E-state index contributed by atoms with van der Waals surface area (Å²) in [6, 6.07) is 5.88. The third-order valence-corrected chi connectivity index (χ3v) is 4.98. The number of benzene rings is 1. The third kappa shape index (κ3) is 4.75. The van der Waals surface area contributed by atoms with E-state index in [-0.39, 0.29) is 55.3 Å². The molecule has 0 spiro atoms. The minimum absolute atomic E-state index is 0.0179. The Bertz CT molecular complexity index is 923. The number of hydrogen-bond donors (Lipinski definition) is 2. The van der Waals surface area contributed by atoms with Gasteiger partial charge in [-0.15, -0.1) is 0 Å². The van der Waals surface area contributed by atoms with E-state index in [1.165, 1.54) is 23.1 Å². The molecular formula is C21H27N3O7. The molecule has 0 amide bonds. The number of nitrogens with zero attached hydrogens (tertiary/aromatic N) is 2. The first-order valence-electron chi connectivity index (χ1n) is 9.93. The molecule has 168 valence electrons. The van der Waals surface area contributed by atoms with Crippen LogP contribution in [-0.4, -0.2) is 53.4 Å². The molecule has 31 heavy (non-hydrogen) atoms. The number of carbonyl (C=O) groups is 2. The number of carbonyl (C=O) groups excluding carboxylic acids is 2. The largest absolute Gasteiger partial charge is 0.463 e. The second-order valence-electron chi connectivity index (χ2n) is 6.63. The van der Waals surface area contributed by atoms with Crippen LogP contribution in [0.1, 0.15) is 38.7 Å². The molecule has 1 heterocycles. The number of nitro benzene ring substituents is 1. The molecule has 1 aromatic carbocycles. The Morgan fingerprint density at radius 2 is 1.74 bits per heavy atom. The van der Waals surface area contributed by atoms with Gasteiger partial charge in [0.1, 0.15) is 0 Å². The van der Waals surface area contributed by atoms with E-state index in [9.17, 15) is 24.8 Å². The van der Waals surface area contributed by atoms with Crippen molar-refractivity contribution in [2.45, 2.75) is 33.1 Å². The van der Waals surface area contributed by atoms with Crippen molar-refractivity contribution >= 4 is 17.6 Å². The molecule has 10 heteroatoms. The number of esters is 2. The van der Waals surface area contributed by atoms with Gasteiger partial charge in [-0.1, -0.05) is 18.2 Å². The topological polar surface area (TPSA) is 145 Å². The molecule has 1 atom stereocenters. The maximum absolute atomic E-state index is 13.1. The number of allylic oxidation sites excluding steroid dienone is 1. The summed E-state index contributed by atoms with van der Waals surface area (Å²) < 4.78 is 10.5. The molecule has 0 saturated carbocycles. The van der Waals surface area contributed by atoms with E-state index in [2.05, 4.69) is 0 Å². The Labute approximate surface area is 180 Å². The fourth-order valence-corrected chi connectivity index (χ4v) is 3.76. The molecular weight excluding hydrogens is 406 g/mol. The molecule has 0 fully saturated rings. The van der Waals surface area contributed by atoms with Crippen LogP contribution in [0.3, 0.4) is 0 Å². The van der Waals surface area contributed by atoms with Crippen LogP contribution < -0.4 is 5.73 Å². The second kappa shape index (κ2) is 10.7. The number of para-hydroxylation sites is 1. The van der Waals surface area contributed by atoms with Gasteiger partial charge in [-0.05, 0) is 20.8 Å². The number of ether oxygens (including phenoxy) is 2. The SMILES string of the molecule is CCOC(=O)C1=C(C)N(CN)C(CCO)=C(C(=O)OCC)C1c1ccccc1[N+](=O)[O-]. The van der Waals surface area contributed by atoms with E-state index in [1.54, 1.807) is 26.8 Å². The summed E-state index contributed by atoms with van der Waals surface area (Å²) in [6.07, 6.45) is 0.0376. The minimum Gasteiger partial charge on any atom is -0.463 e. The van der Waals surface area contributed by atoms with E-state index >= 15 is 0 Å². The maximum atomic E-state index is 13.1. The van der Waals surface area contributed by atoms with Gasteiger partial charge in [0, 0.05) is 36.1 Å². The lowest BCUT2D eigenvalue weighted by molar-refractivity contribution is -0.385. The molecule has 10 nitrogen and oxygen atoms in total. The summed E-state index contributed by atoms with van der Waals surface area (Å²) in [4.78, 5) is 38.8. The van der Waals surface area contributed by atoms with Crippen LogP contribution in [-0.2, 0) is 19.1 Å². The molecule has 1 aliphatic rings. The van der Waals surface area contributed by atoms with Crippen LogP contribution in [0.5, 0.6) is 0 Å². The van der Waals surface area contributed by atoms with Gasteiger partial charge in [0.15, 0.2) is 0 Å². The Kier molecular flexibility index (Phi) is 8.29. The van der Waals surface area contributed by atoms with E-state index < -0.39 is 22.8 Å². The lowest BCUT2D eigenvalue weighted by Crippen LogP contribution is -2.39. The average Bonchev–Trinajstić information content (AvgIpc) is 2.73. The fraction of sp³-hybridized carbons (Fsp3) is 0.429. The van der Waals surface area contributed by atoms with Gasteiger partial charge in [0.05, 0.1) is 41.9 Å². The Morgan fingerprint density at radius 3 is 2.26 bits per heavy atom. The third-order valence-electron chi connectivity index (χ3n) is 4.98. The molecule has 0 aliphatic carbocycles. The van der Waals surface area contributed by atoms with E-state index in [1.807, 2.05) is 0 Å². The van der Waals surface area contributed by atoms with Crippen molar-refractivity contribution in [2.75, 3.05) is 26.5 Å². The maximum Gasteiger partial charge on any atom is 0.336 e. The quantitative estimate of drug-likeness (QED) is 0.339. The summed E-state index contributed by atoms with van der Waals surface area (Å²) in [5.74, 6) is -2.59. The zero-order chi connectivity index (χ0) is 23.1. The van der Waals surface area contributed by atoms with Crippen molar-refractivity contribution in [2.24, 2.45) is 5.73 Å². The number of rotatable bonds is 9. The molecule has 2 rings (SSSR count). The zero-order valence-corrected chi connectivity index (χ0v) is 17.8. The summed E-state index contributed by atoms with van der Waals surface area (Å²) in [5, 5.41) is 21.4. The van der Waals surface area contributed by atoms with Crippen LogP contribution in [0.2, 0.25) is 0 Å². The van der Waals surface area contributed by atoms with E-state index in [0.717, 1.165) is 0 Å². The Hall–Kier alpha value is -3.24. The van der Waals surface area contributed by atoms with Crippen molar-refractivity contribution in [1.82, 2.24) is 4.90 Å². The van der Waals surface area contributed by atoms with Crippen molar-refractivity contribution < 1.29 is 29.1 Å². The number of aliphatic hydroxyl groups excluding tert-OH is 1. The normalized spacial score (nSPS) is 16.4. The number of nitrogens with two attached hydrogens (primary N) is 1. The predicted octanol–water partition coefficient (Wildman–Crippen LogP) is 1.95. The first kappa shape index (κ1) is 24.0. The monoisotopic (exact) mass is 433 g/mol. The van der Waals surface area contributed by atoms with Crippen molar-refractivity contribution in [3.8, 4) is 0 Å². The minimum atomic E-state index is -1.12. The Balaban J connectivity index is 2.93. The second-order valence-corrected chi connectivity index (χ2v) is 6.63. The standard InChI is InChI=1S/C21H27N3O7/c1-4-30-20(26)17-13(3)23(12-22)16(10-11-25)19(21(27)31-5-2)18(17)14-8-6-7-9-15(14)24(28)29/h6-9,18,25H,4-5,10-12,22H2,1-3H3. The molecule has 3 N–H and O–H groups in total. The van der Waals surface area contributed by atoms with Gasteiger partial charge in [0.2, 0.25) is 0 Å². The lowest BCUT2D eigenvalue weighted by Gasteiger charge is -2.38. The summed E-state index contributed by atoms with van der Waals surface area (Å²) in [6.45, 7) is 4.62. The number of aliphatic hydroxyl groups is 1. The van der Waals surface area contributed by atoms with Crippen LogP contribution in [0, 0.1) is 10.1 Å². The average molecular weight is 433 g/mol. The van der Waals surface area contributed by atoms with Crippen LogP contribution in [0.25, 0.3) is 0 Å². The van der Waals surface area contributed by atoms with Crippen molar-refractivity contribution in [3.63, 3.8) is 0 Å². The molecule has 1 aromatic rings. The zero-order valence-electron chi connectivity index (χ0n) is 17.8. The molecule has 1 aliphatic heterocycles.